The number of rotatable bonds is 7. The van der Waals surface area contributed by atoms with Crippen LogP contribution in [0.1, 0.15) is 5.56 Å². The minimum atomic E-state index is 0.0560. The van der Waals surface area contributed by atoms with Crippen LogP contribution in [0.3, 0.4) is 0 Å². The Balaban J connectivity index is 1.63. The van der Waals surface area contributed by atoms with Crippen molar-refractivity contribution in [2.45, 2.75) is 6.61 Å². The van der Waals surface area contributed by atoms with E-state index in [-0.39, 0.29) is 7.48 Å². The lowest BCUT2D eigenvalue weighted by Gasteiger charge is -2.07. The molecule has 0 spiro atoms. The molecular weight excluding hydrogens is 239 g/mol. The van der Waals surface area contributed by atoms with Crippen LogP contribution >= 0.6 is 0 Å². The monoisotopic (exact) mass is 256 g/mol. The first kappa shape index (κ1) is 13.7. The van der Waals surface area contributed by atoms with Crippen LogP contribution < -0.4 is 10.2 Å². The molecule has 0 aliphatic rings. The van der Waals surface area contributed by atoms with Crippen molar-refractivity contribution < 1.29 is 14.5 Å². The zero-order valence-corrected chi connectivity index (χ0v) is 10.8. The molecule has 0 saturated carbocycles. The summed E-state index contributed by atoms with van der Waals surface area (Å²) in [5.41, 5.74) is 2.04. The van der Waals surface area contributed by atoms with Gasteiger partial charge in [0, 0.05) is 0 Å². The number of ether oxygens (including phenoxy) is 2. The summed E-state index contributed by atoms with van der Waals surface area (Å²) < 4.78 is 11.1. The van der Waals surface area contributed by atoms with Gasteiger partial charge in [0.2, 0.25) is 0 Å². The molecule has 3 nitrogen and oxygen atoms in total. The molecule has 0 aromatic heterocycles. The first-order chi connectivity index (χ1) is 9.38. The Labute approximate surface area is 114 Å². The van der Waals surface area contributed by atoms with Crippen LogP contribution in [0.25, 0.3) is 0 Å². The largest absolute Gasteiger partial charge is 0.491 e. The predicted molar refractivity (Wildman–Crippen MR) is 77.0 cm³/mol. The third-order valence-corrected chi connectivity index (χ3v) is 2.71. The van der Waals surface area contributed by atoms with Gasteiger partial charge < -0.3 is 14.5 Å². The third kappa shape index (κ3) is 4.77. The molecule has 0 saturated heterocycles. The Hall–Kier alpha value is -1.78. The summed E-state index contributed by atoms with van der Waals surface area (Å²) in [5, 5.41) is 8.92. The maximum atomic E-state index is 8.92. The maximum absolute atomic E-state index is 8.92. The first-order valence-electron chi connectivity index (χ1n) is 6.33. The van der Waals surface area contributed by atoms with Gasteiger partial charge >= 0.3 is 7.48 Å². The molecule has 0 unspecified atom stereocenters. The summed E-state index contributed by atoms with van der Waals surface area (Å²) >= 11 is 0. The summed E-state index contributed by atoms with van der Waals surface area (Å²) in [7, 11) is 0.0560. The van der Waals surface area contributed by atoms with Gasteiger partial charge in [-0.2, -0.15) is 0 Å². The quantitative estimate of drug-likeness (QED) is 0.598. The van der Waals surface area contributed by atoms with Gasteiger partial charge in [-0.25, -0.2) is 0 Å². The first-order valence-corrected chi connectivity index (χ1v) is 6.33. The normalized spacial score (nSPS) is 10.2. The molecule has 0 bridgehead atoms. The van der Waals surface area contributed by atoms with Crippen molar-refractivity contribution in [2.24, 2.45) is 0 Å². The van der Waals surface area contributed by atoms with Crippen LogP contribution in [-0.4, -0.2) is 25.7 Å². The van der Waals surface area contributed by atoms with E-state index in [2.05, 4.69) is 0 Å². The number of hydrogen-bond donors (Lipinski definition) is 1. The molecule has 98 valence electrons. The van der Waals surface area contributed by atoms with Crippen LogP contribution in [0.15, 0.2) is 54.6 Å². The molecule has 19 heavy (non-hydrogen) atoms. The van der Waals surface area contributed by atoms with E-state index in [0.29, 0.717) is 19.8 Å². The molecule has 0 heterocycles. The highest BCUT2D eigenvalue weighted by molar-refractivity contribution is 6.45. The van der Waals surface area contributed by atoms with E-state index in [1.807, 2.05) is 54.6 Å². The van der Waals surface area contributed by atoms with Crippen LogP contribution in [0.2, 0.25) is 0 Å². The second-order valence-electron chi connectivity index (χ2n) is 4.19. The van der Waals surface area contributed by atoms with Gasteiger partial charge in [-0.05, 0) is 17.7 Å². The standard InChI is InChI=1S/C15H17BO3/c17-16-14-6-8-15(9-7-14)19-11-10-18-12-13-4-2-1-3-5-13/h1-9,16-17H,10-12H2. The van der Waals surface area contributed by atoms with E-state index < -0.39 is 0 Å². The number of hydrogen-bond acceptors (Lipinski definition) is 3. The van der Waals surface area contributed by atoms with Gasteiger partial charge in [0.15, 0.2) is 0 Å². The lowest BCUT2D eigenvalue weighted by Crippen LogP contribution is -2.12. The zero-order chi connectivity index (χ0) is 13.3. The molecular formula is C15H17BO3. The summed E-state index contributed by atoms with van der Waals surface area (Å²) in [6, 6.07) is 17.5. The van der Waals surface area contributed by atoms with E-state index in [1.54, 1.807) is 0 Å². The topological polar surface area (TPSA) is 38.7 Å². The Bertz CT molecular complexity index is 471. The van der Waals surface area contributed by atoms with Gasteiger partial charge in [0.05, 0.1) is 13.2 Å². The summed E-state index contributed by atoms with van der Waals surface area (Å²) in [5.74, 6) is 0.792. The van der Waals surface area contributed by atoms with Crippen LogP contribution in [0.4, 0.5) is 0 Å². The van der Waals surface area contributed by atoms with Crippen LogP contribution in [0.5, 0.6) is 5.75 Å². The molecule has 2 aromatic carbocycles. The fraction of sp³-hybridized carbons (Fsp3) is 0.200. The average Bonchev–Trinajstić information content (AvgIpc) is 2.49. The molecule has 0 atom stereocenters. The van der Waals surface area contributed by atoms with E-state index in [4.69, 9.17) is 14.5 Å². The molecule has 2 aromatic rings. The van der Waals surface area contributed by atoms with Gasteiger partial charge in [0.1, 0.15) is 12.4 Å². The maximum Gasteiger partial charge on any atom is 0.304 e. The molecule has 0 aliphatic carbocycles. The Kier molecular flexibility index (Phi) is 5.47. The molecule has 0 fully saturated rings. The van der Waals surface area contributed by atoms with Crippen molar-refractivity contribution in [3.8, 4) is 5.75 Å². The van der Waals surface area contributed by atoms with Crippen molar-refractivity contribution >= 4 is 12.9 Å². The second-order valence-corrected chi connectivity index (χ2v) is 4.19. The van der Waals surface area contributed by atoms with E-state index in [0.717, 1.165) is 16.8 Å². The molecule has 0 radical (unpaired) electrons. The Morgan fingerprint density at radius 1 is 0.895 bits per heavy atom. The smallest absolute Gasteiger partial charge is 0.304 e. The summed E-state index contributed by atoms with van der Waals surface area (Å²) in [6.45, 7) is 1.68. The Morgan fingerprint density at radius 2 is 1.63 bits per heavy atom. The summed E-state index contributed by atoms with van der Waals surface area (Å²) in [4.78, 5) is 0. The molecule has 0 amide bonds. The predicted octanol–water partition coefficient (Wildman–Crippen LogP) is 1.25. The van der Waals surface area contributed by atoms with Crippen LogP contribution in [-0.2, 0) is 11.3 Å². The highest BCUT2D eigenvalue weighted by atomic mass is 16.5. The second kappa shape index (κ2) is 7.61. The van der Waals surface area contributed by atoms with Crippen molar-refractivity contribution in [1.82, 2.24) is 0 Å². The van der Waals surface area contributed by atoms with Crippen molar-refractivity contribution in [2.75, 3.05) is 13.2 Å². The van der Waals surface area contributed by atoms with E-state index in [1.165, 1.54) is 0 Å². The minimum absolute atomic E-state index is 0.0560. The van der Waals surface area contributed by atoms with E-state index in [9.17, 15) is 0 Å². The fourth-order valence-corrected chi connectivity index (χ4v) is 1.67. The molecule has 2 rings (SSSR count). The zero-order valence-electron chi connectivity index (χ0n) is 10.8. The highest BCUT2D eigenvalue weighted by Gasteiger charge is 1.96. The molecule has 4 heteroatoms. The Morgan fingerprint density at radius 3 is 2.32 bits per heavy atom. The lowest BCUT2D eigenvalue weighted by atomic mass is 9.89. The van der Waals surface area contributed by atoms with Gasteiger partial charge in [0.25, 0.3) is 0 Å². The van der Waals surface area contributed by atoms with Crippen molar-refractivity contribution in [3.63, 3.8) is 0 Å². The van der Waals surface area contributed by atoms with Gasteiger partial charge in [-0.1, -0.05) is 47.9 Å². The van der Waals surface area contributed by atoms with Crippen LogP contribution in [0, 0.1) is 0 Å². The van der Waals surface area contributed by atoms with E-state index >= 15 is 0 Å². The SMILES string of the molecule is OBc1ccc(OCCOCc2ccccc2)cc1. The average molecular weight is 256 g/mol. The minimum Gasteiger partial charge on any atom is -0.491 e. The van der Waals surface area contributed by atoms with Crippen molar-refractivity contribution in [1.29, 1.82) is 0 Å². The lowest BCUT2D eigenvalue weighted by molar-refractivity contribution is 0.0889. The molecule has 1 N–H and O–H groups in total. The summed E-state index contributed by atoms with van der Waals surface area (Å²) in [6.07, 6.45) is 0. The van der Waals surface area contributed by atoms with Gasteiger partial charge in [-0.15, -0.1) is 0 Å². The molecule has 0 aliphatic heterocycles. The van der Waals surface area contributed by atoms with Gasteiger partial charge in [-0.3, -0.25) is 0 Å². The highest BCUT2D eigenvalue weighted by Crippen LogP contribution is 2.07. The number of benzene rings is 2. The van der Waals surface area contributed by atoms with Crippen molar-refractivity contribution in [3.05, 3.63) is 60.2 Å². The third-order valence-electron chi connectivity index (χ3n) is 2.71. The fourth-order valence-electron chi connectivity index (χ4n) is 1.67.